The highest BCUT2D eigenvalue weighted by Gasteiger charge is 2.07. The SMILES string of the molecule is CSCC(=NO)c1ccc(Cl)c(F)c1. The molecule has 0 saturated carbocycles. The average molecular weight is 234 g/mol. The molecule has 0 heterocycles. The second kappa shape index (κ2) is 5.22. The van der Waals surface area contributed by atoms with Gasteiger partial charge in [0.2, 0.25) is 0 Å². The zero-order valence-electron chi connectivity index (χ0n) is 7.50. The second-order valence-electron chi connectivity index (χ2n) is 2.61. The van der Waals surface area contributed by atoms with Crippen LogP contribution >= 0.6 is 23.4 Å². The Morgan fingerprint density at radius 2 is 2.36 bits per heavy atom. The summed E-state index contributed by atoms with van der Waals surface area (Å²) in [6.07, 6.45) is 1.87. The van der Waals surface area contributed by atoms with Gasteiger partial charge in [0.1, 0.15) is 5.82 Å². The highest BCUT2D eigenvalue weighted by molar-refractivity contribution is 7.99. The van der Waals surface area contributed by atoms with Crippen molar-refractivity contribution in [2.75, 3.05) is 12.0 Å². The lowest BCUT2D eigenvalue weighted by molar-refractivity contribution is 0.319. The van der Waals surface area contributed by atoms with E-state index >= 15 is 0 Å². The Morgan fingerprint density at radius 3 is 2.86 bits per heavy atom. The largest absolute Gasteiger partial charge is 0.411 e. The van der Waals surface area contributed by atoms with Gasteiger partial charge in [-0.15, -0.1) is 0 Å². The van der Waals surface area contributed by atoms with Crippen LogP contribution in [0.4, 0.5) is 4.39 Å². The van der Waals surface area contributed by atoms with Crippen LogP contribution in [0.1, 0.15) is 5.56 Å². The Labute approximate surface area is 90.8 Å². The van der Waals surface area contributed by atoms with Crippen LogP contribution in [0.5, 0.6) is 0 Å². The van der Waals surface area contributed by atoms with Gasteiger partial charge in [0.05, 0.1) is 10.7 Å². The van der Waals surface area contributed by atoms with E-state index in [0.29, 0.717) is 17.0 Å². The zero-order valence-corrected chi connectivity index (χ0v) is 9.07. The fourth-order valence-electron chi connectivity index (χ4n) is 0.982. The van der Waals surface area contributed by atoms with Gasteiger partial charge in [0, 0.05) is 11.3 Å². The molecular weight excluding hydrogens is 225 g/mol. The maximum absolute atomic E-state index is 13.0. The number of nitrogens with zero attached hydrogens (tertiary/aromatic N) is 1. The minimum atomic E-state index is -0.508. The molecule has 0 fully saturated rings. The third-order valence-corrected chi connectivity index (χ3v) is 2.52. The van der Waals surface area contributed by atoms with Gasteiger partial charge in [-0.1, -0.05) is 22.8 Å². The van der Waals surface area contributed by atoms with Gasteiger partial charge in [-0.2, -0.15) is 11.8 Å². The van der Waals surface area contributed by atoms with Crippen molar-refractivity contribution in [1.29, 1.82) is 0 Å². The van der Waals surface area contributed by atoms with Crippen LogP contribution in [0.15, 0.2) is 23.4 Å². The van der Waals surface area contributed by atoms with E-state index < -0.39 is 5.82 Å². The first-order valence-electron chi connectivity index (χ1n) is 3.84. The van der Waals surface area contributed by atoms with Gasteiger partial charge in [-0.25, -0.2) is 4.39 Å². The molecule has 1 N–H and O–H groups in total. The molecule has 5 heteroatoms. The summed E-state index contributed by atoms with van der Waals surface area (Å²) in [5.74, 6) is 0.0174. The van der Waals surface area contributed by atoms with Crippen LogP contribution in [-0.2, 0) is 0 Å². The highest BCUT2D eigenvalue weighted by atomic mass is 35.5. The summed E-state index contributed by atoms with van der Waals surface area (Å²) < 4.78 is 13.0. The van der Waals surface area contributed by atoms with Crippen LogP contribution < -0.4 is 0 Å². The van der Waals surface area contributed by atoms with Gasteiger partial charge in [-0.3, -0.25) is 0 Å². The molecule has 1 aromatic carbocycles. The van der Waals surface area contributed by atoms with Crippen molar-refractivity contribution >= 4 is 29.1 Å². The number of rotatable bonds is 3. The predicted octanol–water partition coefficient (Wildman–Crippen LogP) is 3.02. The Bertz CT molecular complexity index is 357. The smallest absolute Gasteiger partial charge is 0.142 e. The first-order chi connectivity index (χ1) is 6.69. The third kappa shape index (κ3) is 2.62. The topological polar surface area (TPSA) is 32.6 Å². The van der Waals surface area contributed by atoms with Gasteiger partial charge < -0.3 is 5.21 Å². The number of oxime groups is 1. The summed E-state index contributed by atoms with van der Waals surface area (Å²) in [6.45, 7) is 0. The van der Waals surface area contributed by atoms with Crippen LogP contribution in [0, 0.1) is 5.82 Å². The molecule has 1 aromatic rings. The summed E-state index contributed by atoms with van der Waals surface area (Å²) in [5.41, 5.74) is 0.983. The number of thioether (sulfide) groups is 1. The molecule has 0 aromatic heterocycles. The van der Waals surface area contributed by atoms with E-state index in [2.05, 4.69) is 5.16 Å². The Balaban J connectivity index is 3.00. The van der Waals surface area contributed by atoms with Crippen molar-refractivity contribution in [3.8, 4) is 0 Å². The van der Waals surface area contributed by atoms with Gasteiger partial charge >= 0.3 is 0 Å². The molecule has 2 nitrogen and oxygen atoms in total. The lowest BCUT2D eigenvalue weighted by Gasteiger charge is -2.03. The second-order valence-corrected chi connectivity index (χ2v) is 3.88. The summed E-state index contributed by atoms with van der Waals surface area (Å²) in [5, 5.41) is 11.9. The summed E-state index contributed by atoms with van der Waals surface area (Å²) in [6, 6.07) is 4.32. The van der Waals surface area contributed by atoms with E-state index in [0.717, 1.165) is 0 Å². The van der Waals surface area contributed by atoms with Gasteiger partial charge in [0.15, 0.2) is 0 Å². The normalized spacial score (nSPS) is 11.8. The molecule has 0 unspecified atom stereocenters. The van der Waals surface area contributed by atoms with Crippen LogP contribution in [0.2, 0.25) is 5.02 Å². The fourth-order valence-corrected chi connectivity index (χ4v) is 1.60. The third-order valence-electron chi connectivity index (χ3n) is 1.65. The molecule has 14 heavy (non-hydrogen) atoms. The minimum absolute atomic E-state index is 0.0650. The number of hydrogen-bond donors (Lipinski definition) is 1. The number of hydrogen-bond acceptors (Lipinski definition) is 3. The van der Waals surface area contributed by atoms with Crippen LogP contribution in [0.3, 0.4) is 0 Å². The summed E-state index contributed by atoms with van der Waals surface area (Å²) >= 11 is 7.02. The summed E-state index contributed by atoms with van der Waals surface area (Å²) in [7, 11) is 0. The standard InChI is InChI=1S/C9H9ClFNOS/c1-14-5-9(12-13)6-2-3-7(10)8(11)4-6/h2-4,13H,5H2,1H3. The van der Waals surface area contributed by atoms with E-state index in [4.69, 9.17) is 16.8 Å². The van der Waals surface area contributed by atoms with Crippen molar-refractivity contribution in [2.24, 2.45) is 5.16 Å². The molecule has 0 aliphatic carbocycles. The predicted molar refractivity (Wildman–Crippen MR) is 58.1 cm³/mol. The molecule has 0 aliphatic heterocycles. The van der Waals surface area contributed by atoms with Crippen LogP contribution in [-0.4, -0.2) is 22.9 Å². The van der Waals surface area contributed by atoms with Crippen molar-refractivity contribution in [3.05, 3.63) is 34.6 Å². The van der Waals surface area contributed by atoms with Gasteiger partial charge in [0.25, 0.3) is 0 Å². The zero-order chi connectivity index (χ0) is 10.6. The Hall–Kier alpha value is -0.740. The molecule has 0 spiro atoms. The van der Waals surface area contributed by atoms with Crippen molar-refractivity contribution in [1.82, 2.24) is 0 Å². The maximum atomic E-state index is 13.0. The first kappa shape index (κ1) is 11.3. The molecule has 0 radical (unpaired) electrons. The fraction of sp³-hybridized carbons (Fsp3) is 0.222. The van der Waals surface area contributed by atoms with Gasteiger partial charge in [-0.05, 0) is 18.4 Å². The first-order valence-corrected chi connectivity index (χ1v) is 5.61. The Kier molecular flexibility index (Phi) is 4.22. The lowest BCUT2D eigenvalue weighted by Crippen LogP contribution is -2.04. The van der Waals surface area contributed by atoms with Crippen LogP contribution in [0.25, 0.3) is 0 Å². The van der Waals surface area contributed by atoms with Crippen molar-refractivity contribution in [3.63, 3.8) is 0 Å². The number of benzene rings is 1. The Morgan fingerprint density at radius 1 is 1.64 bits per heavy atom. The van der Waals surface area contributed by atoms with E-state index in [1.807, 2.05) is 6.26 Å². The van der Waals surface area contributed by atoms with E-state index in [9.17, 15) is 4.39 Å². The molecule has 0 atom stereocenters. The van der Waals surface area contributed by atoms with E-state index in [1.165, 1.54) is 23.9 Å². The van der Waals surface area contributed by atoms with E-state index in [1.54, 1.807) is 6.07 Å². The lowest BCUT2D eigenvalue weighted by atomic mass is 10.1. The molecule has 1 rings (SSSR count). The molecule has 0 aliphatic rings. The van der Waals surface area contributed by atoms with E-state index in [-0.39, 0.29) is 5.02 Å². The van der Waals surface area contributed by atoms with Crippen molar-refractivity contribution < 1.29 is 9.60 Å². The molecule has 0 amide bonds. The minimum Gasteiger partial charge on any atom is -0.411 e. The average Bonchev–Trinajstić information content (AvgIpc) is 2.19. The molecule has 0 saturated heterocycles. The molecule has 0 bridgehead atoms. The molecule has 76 valence electrons. The molecular formula is C9H9ClFNOS. The highest BCUT2D eigenvalue weighted by Crippen LogP contribution is 2.16. The summed E-state index contributed by atoms with van der Waals surface area (Å²) in [4.78, 5) is 0. The number of halogens is 2. The van der Waals surface area contributed by atoms with Crippen molar-refractivity contribution in [2.45, 2.75) is 0 Å². The quantitative estimate of drug-likeness (QED) is 0.495. The maximum Gasteiger partial charge on any atom is 0.142 e. The monoisotopic (exact) mass is 233 g/mol.